The van der Waals surface area contributed by atoms with Crippen LogP contribution in [0.1, 0.15) is 23.9 Å². The summed E-state index contributed by atoms with van der Waals surface area (Å²) in [6.45, 7) is 2.66. The third-order valence-electron chi connectivity index (χ3n) is 4.37. The van der Waals surface area contributed by atoms with Gasteiger partial charge in [0.05, 0.1) is 20.8 Å². The zero-order chi connectivity index (χ0) is 20.6. The first-order valence-corrected chi connectivity index (χ1v) is 9.32. The fourth-order valence-corrected chi connectivity index (χ4v) is 2.99. The van der Waals surface area contributed by atoms with E-state index in [9.17, 15) is 4.79 Å². The summed E-state index contributed by atoms with van der Waals surface area (Å²) < 4.78 is 17.9. The minimum Gasteiger partial charge on any atom is -0.493 e. The molecular weight excluding hydrogens is 368 g/mol. The summed E-state index contributed by atoms with van der Waals surface area (Å²) >= 11 is 0. The molecule has 0 saturated heterocycles. The summed E-state index contributed by atoms with van der Waals surface area (Å²) in [7, 11) is 3.15. The van der Waals surface area contributed by atoms with Crippen molar-refractivity contribution in [3.63, 3.8) is 0 Å². The summed E-state index contributed by atoms with van der Waals surface area (Å²) in [5.41, 5.74) is 2.26. The number of methoxy groups -OCH3 is 2. The van der Waals surface area contributed by atoms with Crippen LogP contribution in [0.3, 0.4) is 0 Å². The van der Waals surface area contributed by atoms with Crippen LogP contribution in [0.5, 0.6) is 11.5 Å². The molecule has 0 aliphatic rings. The number of aromatic nitrogens is 2. The lowest BCUT2D eigenvalue weighted by Gasteiger charge is -2.12. The first-order chi connectivity index (χ1) is 14.2. The molecule has 6 nitrogen and oxygen atoms in total. The Hall–Kier alpha value is -3.54. The fraction of sp³-hybridized carbons (Fsp3) is 0.217. The monoisotopic (exact) mass is 392 g/mol. The maximum atomic E-state index is 12.7. The molecule has 0 saturated carbocycles. The van der Waals surface area contributed by atoms with Crippen molar-refractivity contribution in [1.29, 1.82) is 0 Å². The van der Waals surface area contributed by atoms with Crippen LogP contribution in [-0.2, 0) is 16.1 Å². The highest BCUT2D eigenvalue weighted by molar-refractivity contribution is 6.20. The van der Waals surface area contributed by atoms with E-state index in [4.69, 9.17) is 14.2 Å². The number of hydrogen-bond donors (Lipinski definition) is 0. The van der Waals surface area contributed by atoms with Gasteiger partial charge in [0.25, 0.3) is 0 Å². The molecule has 0 fully saturated rings. The van der Waals surface area contributed by atoms with E-state index < -0.39 is 5.97 Å². The van der Waals surface area contributed by atoms with Gasteiger partial charge in [-0.05, 0) is 36.3 Å². The Balaban J connectivity index is 2.02. The van der Waals surface area contributed by atoms with Crippen LogP contribution < -0.4 is 9.47 Å². The number of benzene rings is 2. The zero-order valence-corrected chi connectivity index (χ0v) is 16.8. The lowest BCUT2D eigenvalue weighted by Crippen LogP contribution is -2.12. The predicted octanol–water partition coefficient (Wildman–Crippen LogP) is 4.05. The minimum absolute atomic E-state index is 0.279. The van der Waals surface area contributed by atoms with E-state index >= 15 is 0 Å². The summed E-state index contributed by atoms with van der Waals surface area (Å²) in [6, 6.07) is 15.5. The molecule has 0 atom stereocenters. The Morgan fingerprint density at radius 3 is 2.52 bits per heavy atom. The number of rotatable bonds is 8. The number of hydrogen-bond acceptors (Lipinski definition) is 5. The third-order valence-corrected chi connectivity index (χ3v) is 4.37. The fourth-order valence-electron chi connectivity index (χ4n) is 2.99. The molecule has 3 aromatic rings. The molecule has 0 N–H and O–H groups in total. The van der Waals surface area contributed by atoms with Crippen LogP contribution in [0.4, 0.5) is 0 Å². The molecule has 0 aliphatic heterocycles. The van der Waals surface area contributed by atoms with Gasteiger partial charge in [0.1, 0.15) is 11.4 Å². The number of carbonyl (C=O) groups excluding carboxylic acids is 1. The van der Waals surface area contributed by atoms with Crippen molar-refractivity contribution in [3.05, 3.63) is 77.9 Å². The summed E-state index contributed by atoms with van der Waals surface area (Å²) in [4.78, 5) is 17.2. The van der Waals surface area contributed by atoms with Gasteiger partial charge in [0.15, 0.2) is 11.5 Å². The summed E-state index contributed by atoms with van der Waals surface area (Å²) in [5, 5.41) is 0. The number of esters is 1. The minimum atomic E-state index is -0.428. The molecule has 6 heteroatoms. The van der Waals surface area contributed by atoms with Gasteiger partial charge < -0.3 is 18.8 Å². The molecule has 0 amide bonds. The largest absolute Gasteiger partial charge is 0.493 e. The number of imidazole rings is 1. The van der Waals surface area contributed by atoms with Crippen molar-refractivity contribution in [3.8, 4) is 11.5 Å². The van der Waals surface area contributed by atoms with Crippen LogP contribution in [0.25, 0.3) is 11.6 Å². The second-order valence-corrected chi connectivity index (χ2v) is 6.26. The molecular formula is C23H24N2O4. The highest BCUT2D eigenvalue weighted by atomic mass is 16.5. The summed E-state index contributed by atoms with van der Waals surface area (Å²) in [5.74, 6) is 1.31. The Labute approximate surface area is 170 Å². The second-order valence-electron chi connectivity index (χ2n) is 6.26. The molecule has 0 radical (unpaired) electrons. The second kappa shape index (κ2) is 9.59. The molecule has 0 unspecified atom stereocenters. The first kappa shape index (κ1) is 20.2. The van der Waals surface area contributed by atoms with Gasteiger partial charge in [0, 0.05) is 18.9 Å². The van der Waals surface area contributed by atoms with E-state index in [1.54, 1.807) is 39.5 Å². The van der Waals surface area contributed by atoms with Crippen molar-refractivity contribution in [2.45, 2.75) is 13.5 Å². The van der Waals surface area contributed by atoms with E-state index in [0.717, 1.165) is 11.1 Å². The molecule has 0 spiro atoms. The highest BCUT2D eigenvalue weighted by Crippen LogP contribution is 2.29. The Morgan fingerprint density at radius 2 is 1.83 bits per heavy atom. The smallest absolute Gasteiger partial charge is 0.341 e. The molecule has 1 aromatic heterocycles. The van der Waals surface area contributed by atoms with Crippen LogP contribution in [0.2, 0.25) is 0 Å². The van der Waals surface area contributed by atoms with E-state index in [1.807, 2.05) is 53.2 Å². The average molecular weight is 392 g/mol. The SMILES string of the molecule is CCOC(=O)C(=Cc1ccc(OC)c(OC)c1)c1nccn1Cc1ccccc1. The Morgan fingerprint density at radius 1 is 1.07 bits per heavy atom. The average Bonchev–Trinajstić information content (AvgIpc) is 3.20. The Bertz CT molecular complexity index is 993. The van der Waals surface area contributed by atoms with Gasteiger partial charge in [-0.15, -0.1) is 0 Å². The standard InChI is InChI=1S/C23H24N2O4/c1-4-29-23(26)19(14-18-10-11-20(27-2)21(15-18)28-3)22-24-12-13-25(22)16-17-8-6-5-7-9-17/h5-15H,4,16H2,1-3H3. The first-order valence-electron chi connectivity index (χ1n) is 9.32. The predicted molar refractivity (Wildman–Crippen MR) is 112 cm³/mol. The lowest BCUT2D eigenvalue weighted by molar-refractivity contribution is -0.136. The van der Waals surface area contributed by atoms with Gasteiger partial charge in [-0.3, -0.25) is 0 Å². The van der Waals surface area contributed by atoms with Gasteiger partial charge in [-0.25, -0.2) is 9.78 Å². The molecule has 2 aromatic carbocycles. The highest BCUT2D eigenvalue weighted by Gasteiger charge is 2.19. The van der Waals surface area contributed by atoms with Gasteiger partial charge in [0.2, 0.25) is 0 Å². The van der Waals surface area contributed by atoms with Crippen LogP contribution in [0, 0.1) is 0 Å². The van der Waals surface area contributed by atoms with Crippen molar-refractivity contribution in [2.24, 2.45) is 0 Å². The number of ether oxygens (including phenoxy) is 3. The van der Waals surface area contributed by atoms with Gasteiger partial charge >= 0.3 is 5.97 Å². The maximum absolute atomic E-state index is 12.7. The maximum Gasteiger partial charge on any atom is 0.341 e. The number of carbonyl (C=O) groups is 1. The molecule has 1 heterocycles. The lowest BCUT2D eigenvalue weighted by atomic mass is 10.1. The molecule has 0 bridgehead atoms. The van der Waals surface area contributed by atoms with Crippen molar-refractivity contribution >= 4 is 17.6 Å². The van der Waals surface area contributed by atoms with Crippen molar-refractivity contribution in [1.82, 2.24) is 9.55 Å². The van der Waals surface area contributed by atoms with Gasteiger partial charge in [-0.2, -0.15) is 0 Å². The molecule has 0 aliphatic carbocycles. The van der Waals surface area contributed by atoms with E-state index in [2.05, 4.69) is 4.98 Å². The van der Waals surface area contributed by atoms with E-state index in [1.165, 1.54) is 0 Å². The quantitative estimate of drug-likeness (QED) is 0.427. The topological polar surface area (TPSA) is 62.6 Å². The number of nitrogens with zero attached hydrogens (tertiary/aromatic N) is 2. The third kappa shape index (κ3) is 4.85. The zero-order valence-electron chi connectivity index (χ0n) is 16.8. The van der Waals surface area contributed by atoms with Crippen LogP contribution in [0.15, 0.2) is 60.9 Å². The van der Waals surface area contributed by atoms with Crippen LogP contribution >= 0.6 is 0 Å². The normalized spacial score (nSPS) is 11.2. The molecule has 3 rings (SSSR count). The van der Waals surface area contributed by atoms with Crippen molar-refractivity contribution < 1.29 is 19.0 Å². The van der Waals surface area contributed by atoms with Crippen LogP contribution in [-0.4, -0.2) is 36.3 Å². The molecule has 150 valence electrons. The molecule has 29 heavy (non-hydrogen) atoms. The Kier molecular flexibility index (Phi) is 6.68. The van der Waals surface area contributed by atoms with E-state index in [-0.39, 0.29) is 6.61 Å². The van der Waals surface area contributed by atoms with Crippen molar-refractivity contribution in [2.75, 3.05) is 20.8 Å². The van der Waals surface area contributed by atoms with E-state index in [0.29, 0.717) is 29.4 Å². The summed E-state index contributed by atoms with van der Waals surface area (Å²) in [6.07, 6.45) is 5.29. The van der Waals surface area contributed by atoms with Gasteiger partial charge in [-0.1, -0.05) is 36.4 Å².